The Hall–Kier alpha value is -2.44. The third-order valence-electron chi connectivity index (χ3n) is 4.26. The normalized spacial score (nSPS) is 17.6. The molecule has 1 aromatic heterocycles. The number of carbonyl (C=O) groups excluding carboxylic acids is 2. The number of quaternary nitrogens is 1. The minimum atomic E-state index is -0.553. The van der Waals surface area contributed by atoms with Gasteiger partial charge < -0.3 is 14.9 Å². The number of thiophene rings is 1. The van der Waals surface area contributed by atoms with E-state index in [4.69, 9.17) is 0 Å². The molecule has 0 saturated carbocycles. The molecule has 0 radical (unpaired) electrons. The number of amides is 1. The van der Waals surface area contributed by atoms with Crippen molar-refractivity contribution in [3.63, 3.8) is 0 Å². The van der Waals surface area contributed by atoms with Gasteiger partial charge in [0.05, 0.1) is 43.7 Å². The SMILES string of the molecule is C[NH+](C)CCN1C(=O)C(O)=C(C(=O)c2cccs2)[C@@H]1c1ccccc1. The average Bonchev–Trinajstić information content (AvgIpc) is 3.22. The molecule has 1 atom stereocenters. The molecule has 0 bridgehead atoms. The summed E-state index contributed by atoms with van der Waals surface area (Å²) in [5.74, 6) is -1.19. The lowest BCUT2D eigenvalue weighted by atomic mass is 9.95. The fourth-order valence-electron chi connectivity index (χ4n) is 2.98. The minimum Gasteiger partial charge on any atom is -0.503 e. The molecule has 0 unspecified atom stereocenters. The van der Waals surface area contributed by atoms with Gasteiger partial charge in [-0.05, 0) is 17.0 Å². The molecule has 6 heteroatoms. The van der Waals surface area contributed by atoms with Gasteiger partial charge in [0, 0.05) is 0 Å². The van der Waals surface area contributed by atoms with E-state index < -0.39 is 17.7 Å². The smallest absolute Gasteiger partial charge is 0.290 e. The zero-order valence-corrected chi connectivity index (χ0v) is 15.0. The van der Waals surface area contributed by atoms with Gasteiger partial charge in [0.1, 0.15) is 0 Å². The molecule has 3 rings (SSSR count). The Kier molecular flexibility index (Phi) is 5.01. The number of hydrogen-bond donors (Lipinski definition) is 2. The molecular formula is C19H21N2O3S+. The zero-order valence-electron chi connectivity index (χ0n) is 14.2. The van der Waals surface area contributed by atoms with E-state index in [1.807, 2.05) is 49.8 Å². The van der Waals surface area contributed by atoms with Crippen LogP contribution < -0.4 is 4.90 Å². The van der Waals surface area contributed by atoms with Gasteiger partial charge in [-0.15, -0.1) is 11.3 Å². The number of aliphatic hydroxyl groups excluding tert-OH is 1. The second kappa shape index (κ2) is 7.21. The number of nitrogens with zero attached hydrogens (tertiary/aromatic N) is 1. The molecule has 25 heavy (non-hydrogen) atoms. The Balaban J connectivity index is 2.04. The highest BCUT2D eigenvalue weighted by atomic mass is 32.1. The lowest BCUT2D eigenvalue weighted by molar-refractivity contribution is -0.857. The number of benzene rings is 1. The van der Waals surface area contributed by atoms with E-state index in [-0.39, 0.29) is 11.4 Å². The average molecular weight is 357 g/mol. The molecule has 2 aromatic rings. The Bertz CT molecular complexity index is 797. The van der Waals surface area contributed by atoms with Gasteiger partial charge in [-0.2, -0.15) is 0 Å². The van der Waals surface area contributed by atoms with E-state index in [1.165, 1.54) is 16.2 Å². The van der Waals surface area contributed by atoms with Gasteiger partial charge >= 0.3 is 0 Å². The summed E-state index contributed by atoms with van der Waals surface area (Å²) in [6, 6.07) is 12.3. The summed E-state index contributed by atoms with van der Waals surface area (Å²) < 4.78 is 0. The molecule has 1 aliphatic heterocycles. The molecule has 1 aromatic carbocycles. The number of carbonyl (C=O) groups is 2. The quantitative estimate of drug-likeness (QED) is 0.770. The van der Waals surface area contributed by atoms with Crippen molar-refractivity contribution >= 4 is 23.0 Å². The van der Waals surface area contributed by atoms with Gasteiger partial charge in [-0.3, -0.25) is 9.59 Å². The van der Waals surface area contributed by atoms with Crippen LogP contribution in [0.2, 0.25) is 0 Å². The van der Waals surface area contributed by atoms with Crippen molar-refractivity contribution < 1.29 is 19.6 Å². The number of hydrogen-bond acceptors (Lipinski definition) is 4. The summed E-state index contributed by atoms with van der Waals surface area (Å²) in [4.78, 5) is 28.9. The highest BCUT2D eigenvalue weighted by Gasteiger charge is 2.43. The molecule has 0 spiro atoms. The van der Waals surface area contributed by atoms with Crippen molar-refractivity contribution in [2.75, 3.05) is 27.2 Å². The Morgan fingerprint density at radius 3 is 2.52 bits per heavy atom. The van der Waals surface area contributed by atoms with Crippen LogP contribution in [0.4, 0.5) is 0 Å². The fourth-order valence-corrected chi connectivity index (χ4v) is 3.66. The number of aliphatic hydroxyl groups is 1. The molecule has 0 aliphatic carbocycles. The number of rotatable bonds is 6. The van der Waals surface area contributed by atoms with Crippen LogP contribution >= 0.6 is 11.3 Å². The lowest BCUT2D eigenvalue weighted by Crippen LogP contribution is -3.06. The summed E-state index contributed by atoms with van der Waals surface area (Å²) in [6.45, 7) is 1.19. The monoisotopic (exact) mass is 357 g/mol. The number of nitrogens with one attached hydrogen (secondary N) is 1. The van der Waals surface area contributed by atoms with Crippen molar-refractivity contribution in [1.82, 2.24) is 4.90 Å². The van der Waals surface area contributed by atoms with Crippen LogP contribution in [0.1, 0.15) is 21.3 Å². The predicted octanol–water partition coefficient (Wildman–Crippen LogP) is 1.47. The molecule has 0 saturated heterocycles. The van der Waals surface area contributed by atoms with Crippen LogP contribution in [0.5, 0.6) is 0 Å². The molecular weight excluding hydrogens is 336 g/mol. The maximum Gasteiger partial charge on any atom is 0.290 e. The summed E-state index contributed by atoms with van der Waals surface area (Å²) in [5, 5.41) is 12.3. The van der Waals surface area contributed by atoms with Gasteiger partial charge in [-0.1, -0.05) is 36.4 Å². The van der Waals surface area contributed by atoms with E-state index in [1.54, 1.807) is 17.0 Å². The third-order valence-corrected chi connectivity index (χ3v) is 5.13. The van der Waals surface area contributed by atoms with Gasteiger partial charge in [-0.25, -0.2) is 0 Å². The van der Waals surface area contributed by atoms with Crippen LogP contribution in [-0.2, 0) is 4.79 Å². The van der Waals surface area contributed by atoms with Crippen LogP contribution in [-0.4, -0.2) is 48.9 Å². The first-order valence-corrected chi connectivity index (χ1v) is 9.05. The van der Waals surface area contributed by atoms with Gasteiger partial charge in [0.2, 0.25) is 5.78 Å². The maximum atomic E-state index is 12.9. The van der Waals surface area contributed by atoms with E-state index in [2.05, 4.69) is 0 Å². The van der Waals surface area contributed by atoms with Crippen molar-refractivity contribution in [3.8, 4) is 0 Å². The molecule has 2 heterocycles. The van der Waals surface area contributed by atoms with Crippen LogP contribution in [0, 0.1) is 0 Å². The lowest BCUT2D eigenvalue weighted by Gasteiger charge is -2.27. The van der Waals surface area contributed by atoms with Crippen molar-refractivity contribution in [2.45, 2.75) is 6.04 Å². The second-order valence-electron chi connectivity index (χ2n) is 6.34. The standard InChI is InChI=1S/C19H20N2O3S/c1-20(2)10-11-21-16(13-7-4-3-5-8-13)15(18(23)19(21)24)17(22)14-9-6-12-25-14/h3-9,12,16,23H,10-11H2,1-2H3/p+1/t16-/m0/s1. The summed E-state index contributed by atoms with van der Waals surface area (Å²) in [6.07, 6.45) is 0. The summed E-state index contributed by atoms with van der Waals surface area (Å²) >= 11 is 1.31. The fraction of sp³-hybridized carbons (Fsp3) is 0.263. The first-order valence-electron chi connectivity index (χ1n) is 8.17. The zero-order chi connectivity index (χ0) is 18.0. The molecule has 2 N–H and O–H groups in total. The first kappa shape index (κ1) is 17.4. The number of ketones is 1. The third kappa shape index (κ3) is 3.36. The van der Waals surface area contributed by atoms with Gasteiger partial charge in [0.15, 0.2) is 5.76 Å². The predicted molar refractivity (Wildman–Crippen MR) is 96.9 cm³/mol. The van der Waals surface area contributed by atoms with Gasteiger partial charge in [0.25, 0.3) is 5.91 Å². The van der Waals surface area contributed by atoms with Crippen LogP contribution in [0.15, 0.2) is 59.2 Å². The molecule has 1 amide bonds. The highest BCUT2D eigenvalue weighted by molar-refractivity contribution is 7.12. The van der Waals surface area contributed by atoms with Crippen LogP contribution in [0.25, 0.3) is 0 Å². The summed E-state index contributed by atoms with van der Waals surface area (Å²) in [5.41, 5.74) is 1.00. The van der Waals surface area contributed by atoms with Crippen molar-refractivity contribution in [2.24, 2.45) is 0 Å². The number of likely N-dealkylation sites (N-methyl/N-ethyl adjacent to an activating group) is 1. The first-order chi connectivity index (χ1) is 12.0. The highest BCUT2D eigenvalue weighted by Crippen LogP contribution is 2.39. The van der Waals surface area contributed by atoms with E-state index in [9.17, 15) is 14.7 Å². The molecule has 0 fully saturated rings. The van der Waals surface area contributed by atoms with Crippen LogP contribution in [0.3, 0.4) is 0 Å². The Labute approximate surface area is 150 Å². The molecule has 5 nitrogen and oxygen atoms in total. The Morgan fingerprint density at radius 2 is 1.92 bits per heavy atom. The van der Waals surface area contributed by atoms with E-state index in [0.717, 1.165) is 12.1 Å². The minimum absolute atomic E-state index is 0.174. The molecule has 1 aliphatic rings. The number of Topliss-reactive ketones (excluding diaryl/α,β-unsaturated/α-hetero) is 1. The van der Waals surface area contributed by atoms with Crippen molar-refractivity contribution in [1.29, 1.82) is 0 Å². The topological polar surface area (TPSA) is 62.1 Å². The van der Waals surface area contributed by atoms with E-state index >= 15 is 0 Å². The Morgan fingerprint density at radius 1 is 1.20 bits per heavy atom. The second-order valence-corrected chi connectivity index (χ2v) is 7.29. The van der Waals surface area contributed by atoms with Crippen molar-refractivity contribution in [3.05, 3.63) is 69.6 Å². The largest absolute Gasteiger partial charge is 0.503 e. The maximum absolute atomic E-state index is 12.9. The molecule has 130 valence electrons. The summed E-state index contributed by atoms with van der Waals surface area (Å²) in [7, 11) is 4.01. The van der Waals surface area contributed by atoms with E-state index in [0.29, 0.717) is 11.4 Å².